The molecule has 0 saturated carbocycles. The maximum atomic E-state index is 12.9. The van der Waals surface area contributed by atoms with Crippen LogP contribution >= 0.6 is 0 Å². The number of aliphatic carboxylic acids is 2. The number of likely N-dealkylation sites (tertiary alicyclic amines) is 1. The SMILES string of the molecule is CC#CC(=O)N1CCC[C@H]1c1nc(-c2ccc(C(=O)Nc3ccccn3)c(OC)c2)c2c(N)nccn12.O=C(O)/C=C/C(=O)O. The van der Waals surface area contributed by atoms with Crippen LogP contribution in [0.3, 0.4) is 0 Å². The number of nitrogen functional groups attached to an aromatic ring is 1. The van der Waals surface area contributed by atoms with E-state index in [-0.39, 0.29) is 17.9 Å². The lowest BCUT2D eigenvalue weighted by atomic mass is 10.1. The second kappa shape index (κ2) is 14.3. The first-order valence-electron chi connectivity index (χ1n) is 13.5. The summed E-state index contributed by atoms with van der Waals surface area (Å²) in [6.07, 6.45) is 7.72. The molecule has 1 atom stereocenters. The normalized spacial score (nSPS) is 13.8. The van der Waals surface area contributed by atoms with Crippen LogP contribution in [0.2, 0.25) is 0 Å². The molecule has 1 saturated heterocycles. The first-order valence-corrected chi connectivity index (χ1v) is 13.5. The molecule has 14 nitrogen and oxygen atoms in total. The first-order chi connectivity index (χ1) is 21.6. The van der Waals surface area contributed by atoms with Gasteiger partial charge in [-0.3, -0.25) is 14.0 Å². The van der Waals surface area contributed by atoms with E-state index in [0.717, 1.165) is 12.8 Å². The van der Waals surface area contributed by atoms with Crippen molar-refractivity contribution in [1.29, 1.82) is 0 Å². The predicted molar refractivity (Wildman–Crippen MR) is 163 cm³/mol. The molecule has 1 aliphatic rings. The van der Waals surface area contributed by atoms with Crippen molar-refractivity contribution in [3.8, 4) is 28.8 Å². The molecule has 0 radical (unpaired) electrons. The summed E-state index contributed by atoms with van der Waals surface area (Å²) in [5, 5.41) is 18.4. The van der Waals surface area contributed by atoms with Crippen molar-refractivity contribution < 1.29 is 34.1 Å². The predicted octanol–water partition coefficient (Wildman–Crippen LogP) is 3.03. The smallest absolute Gasteiger partial charge is 0.328 e. The van der Waals surface area contributed by atoms with Crippen molar-refractivity contribution in [3.05, 3.63) is 78.5 Å². The Bertz CT molecular complexity index is 1830. The van der Waals surface area contributed by atoms with Crippen LogP contribution in [0.25, 0.3) is 16.8 Å². The first kappa shape index (κ1) is 31.7. The maximum Gasteiger partial charge on any atom is 0.328 e. The van der Waals surface area contributed by atoms with Gasteiger partial charge in [-0.15, -0.1) is 0 Å². The maximum absolute atomic E-state index is 12.9. The third kappa shape index (κ3) is 7.41. The number of fused-ring (bicyclic) bond motifs is 1. The van der Waals surface area contributed by atoms with E-state index >= 15 is 0 Å². The Labute approximate surface area is 257 Å². The molecule has 0 unspecified atom stereocenters. The van der Waals surface area contributed by atoms with E-state index in [2.05, 4.69) is 27.1 Å². The van der Waals surface area contributed by atoms with Gasteiger partial charge in [0.25, 0.3) is 11.8 Å². The summed E-state index contributed by atoms with van der Waals surface area (Å²) in [5.41, 5.74) is 8.54. The van der Waals surface area contributed by atoms with Crippen molar-refractivity contribution in [2.24, 2.45) is 0 Å². The number of rotatable bonds is 7. The molecule has 1 aliphatic heterocycles. The molecular formula is C31H29N7O7. The van der Waals surface area contributed by atoms with E-state index in [1.165, 1.54) is 7.11 Å². The van der Waals surface area contributed by atoms with Crippen molar-refractivity contribution in [2.45, 2.75) is 25.8 Å². The summed E-state index contributed by atoms with van der Waals surface area (Å²) in [6.45, 7) is 2.25. The zero-order chi connectivity index (χ0) is 32.5. The molecule has 2 amide bonds. The highest BCUT2D eigenvalue weighted by Gasteiger charge is 2.33. The summed E-state index contributed by atoms with van der Waals surface area (Å²) in [6, 6.07) is 10.2. The highest BCUT2D eigenvalue weighted by atomic mass is 16.5. The fourth-order valence-electron chi connectivity index (χ4n) is 4.77. The van der Waals surface area contributed by atoms with E-state index in [9.17, 15) is 19.2 Å². The van der Waals surface area contributed by atoms with Gasteiger partial charge in [0.15, 0.2) is 0 Å². The monoisotopic (exact) mass is 611 g/mol. The van der Waals surface area contributed by atoms with Crippen molar-refractivity contribution in [2.75, 3.05) is 24.7 Å². The highest BCUT2D eigenvalue weighted by Crippen LogP contribution is 2.37. The minimum atomic E-state index is -1.26. The Balaban J connectivity index is 0.000000510. The van der Waals surface area contributed by atoms with Gasteiger partial charge in [0.2, 0.25) is 0 Å². The number of pyridine rings is 1. The second-order valence-electron chi connectivity index (χ2n) is 9.48. The zero-order valence-corrected chi connectivity index (χ0v) is 24.3. The number of anilines is 2. The third-order valence-corrected chi connectivity index (χ3v) is 6.65. The standard InChI is InChI=1S/C27H25N7O3.C4H4O4/c1-3-7-22(35)33-14-6-8-19(33)26-32-23(24-25(28)30-13-15-34(24)26)17-10-11-18(20(16-17)37-2)27(36)31-21-9-4-5-12-29-21;5-3(6)1-2-4(7)8/h4-5,9-13,15-16,19H,6,8,14H2,1-2H3,(H2,28,30)(H,29,31,36);1-2H,(H,5,6)(H,7,8)/b;2-1+/t19-;/m0./s1. The Morgan fingerprint density at radius 1 is 1.09 bits per heavy atom. The quantitative estimate of drug-likeness (QED) is 0.177. The number of carboxylic acids is 2. The van der Waals surface area contributed by atoms with Gasteiger partial charge < -0.3 is 30.9 Å². The molecular weight excluding hydrogens is 582 g/mol. The number of carbonyl (C=O) groups is 4. The van der Waals surface area contributed by atoms with Crippen molar-refractivity contribution in [1.82, 2.24) is 24.3 Å². The number of nitrogens with one attached hydrogen (secondary N) is 1. The number of carboxylic acid groups (broad SMARTS) is 2. The molecule has 0 spiro atoms. The van der Waals surface area contributed by atoms with Gasteiger partial charge in [-0.2, -0.15) is 0 Å². The summed E-state index contributed by atoms with van der Waals surface area (Å²) >= 11 is 0. The highest BCUT2D eigenvalue weighted by molar-refractivity contribution is 6.06. The third-order valence-electron chi connectivity index (χ3n) is 6.65. The molecule has 0 aliphatic carbocycles. The lowest BCUT2D eigenvalue weighted by molar-refractivity contribution is -0.134. The lowest BCUT2D eigenvalue weighted by Crippen LogP contribution is -2.30. The van der Waals surface area contributed by atoms with Crippen molar-refractivity contribution >= 4 is 40.9 Å². The number of nitrogens with two attached hydrogens (primary N) is 1. The van der Waals surface area contributed by atoms with Crippen LogP contribution in [0, 0.1) is 11.8 Å². The van der Waals surface area contributed by atoms with Crippen LogP contribution in [-0.2, 0) is 14.4 Å². The molecule has 45 heavy (non-hydrogen) atoms. The van der Waals surface area contributed by atoms with E-state index in [0.29, 0.717) is 64.2 Å². The van der Waals surface area contributed by atoms with E-state index in [4.69, 9.17) is 25.7 Å². The van der Waals surface area contributed by atoms with E-state index in [1.807, 2.05) is 4.40 Å². The van der Waals surface area contributed by atoms with Crippen LogP contribution < -0.4 is 15.8 Å². The van der Waals surface area contributed by atoms with Gasteiger partial charge in [-0.1, -0.05) is 18.1 Å². The van der Waals surface area contributed by atoms with Crippen LogP contribution in [-0.4, -0.2) is 71.9 Å². The zero-order valence-electron chi connectivity index (χ0n) is 24.3. The number of hydrogen-bond donors (Lipinski definition) is 4. The molecule has 4 heterocycles. The number of nitrogens with zero attached hydrogens (tertiary/aromatic N) is 5. The summed E-state index contributed by atoms with van der Waals surface area (Å²) in [4.78, 5) is 59.8. The van der Waals surface area contributed by atoms with Gasteiger partial charge >= 0.3 is 11.9 Å². The summed E-state index contributed by atoms with van der Waals surface area (Å²) in [7, 11) is 1.50. The number of methoxy groups -OCH3 is 1. The molecule has 4 aromatic rings. The average molecular weight is 612 g/mol. The minimum Gasteiger partial charge on any atom is -0.496 e. The molecule has 5 N–H and O–H groups in total. The Morgan fingerprint density at radius 3 is 2.49 bits per heavy atom. The minimum absolute atomic E-state index is 0.227. The Kier molecular flexibility index (Phi) is 10.1. The summed E-state index contributed by atoms with van der Waals surface area (Å²) in [5.74, 6) is 4.02. The number of hydrogen-bond acceptors (Lipinski definition) is 9. The molecule has 1 aromatic carbocycles. The number of benzene rings is 1. The van der Waals surface area contributed by atoms with E-state index < -0.39 is 11.9 Å². The average Bonchev–Trinajstić information content (AvgIpc) is 3.67. The number of carbonyl (C=O) groups excluding carboxylic acids is 2. The molecule has 1 fully saturated rings. The van der Waals surface area contributed by atoms with Crippen molar-refractivity contribution in [3.63, 3.8) is 0 Å². The second-order valence-corrected chi connectivity index (χ2v) is 9.48. The number of ether oxygens (including phenoxy) is 1. The molecule has 3 aromatic heterocycles. The fourth-order valence-corrected chi connectivity index (χ4v) is 4.77. The van der Waals surface area contributed by atoms with Gasteiger partial charge in [-0.05, 0) is 50.0 Å². The number of aromatic nitrogens is 4. The number of amides is 2. The molecule has 230 valence electrons. The topological polar surface area (TPSA) is 202 Å². The molecule has 0 bridgehead atoms. The van der Waals surface area contributed by atoms with Crippen LogP contribution in [0.4, 0.5) is 11.6 Å². The van der Waals surface area contributed by atoms with Crippen LogP contribution in [0.1, 0.15) is 42.0 Å². The number of imidazole rings is 1. The van der Waals surface area contributed by atoms with Gasteiger partial charge in [0, 0.05) is 42.9 Å². The molecule has 14 heteroatoms. The largest absolute Gasteiger partial charge is 0.496 e. The van der Waals surface area contributed by atoms with Gasteiger partial charge in [0.05, 0.1) is 18.7 Å². The lowest BCUT2D eigenvalue weighted by Gasteiger charge is -2.21. The fraction of sp³-hybridized carbons (Fsp3) is 0.194. The van der Waals surface area contributed by atoms with Gasteiger partial charge in [0.1, 0.15) is 34.4 Å². The summed E-state index contributed by atoms with van der Waals surface area (Å²) < 4.78 is 7.44. The van der Waals surface area contributed by atoms with E-state index in [1.54, 1.807) is 66.8 Å². The van der Waals surface area contributed by atoms with Crippen LogP contribution in [0.5, 0.6) is 5.75 Å². The van der Waals surface area contributed by atoms with Crippen LogP contribution in [0.15, 0.2) is 67.1 Å². The van der Waals surface area contributed by atoms with Gasteiger partial charge in [-0.25, -0.2) is 24.5 Å². The molecule has 5 rings (SSSR count). The Hall–Kier alpha value is -6.23. The Morgan fingerprint density at radius 2 is 1.84 bits per heavy atom.